The minimum Gasteiger partial charge on any atom is -0.347 e. The monoisotopic (exact) mass is 350 g/mol. The number of benzene rings is 2. The molecular weight excluding hydrogens is 328 g/mol. The van der Waals surface area contributed by atoms with Gasteiger partial charge in [-0.25, -0.2) is 0 Å². The molecule has 128 valence electrons. The Morgan fingerprint density at radius 1 is 0.880 bits per heavy atom. The van der Waals surface area contributed by atoms with E-state index in [9.17, 15) is 4.79 Å². The average Bonchev–Trinajstić information content (AvgIpc) is 3.18. The van der Waals surface area contributed by atoms with Crippen molar-refractivity contribution < 1.29 is 4.79 Å². The fourth-order valence-corrected chi connectivity index (χ4v) is 3.64. The van der Waals surface area contributed by atoms with E-state index in [-0.39, 0.29) is 11.9 Å². The van der Waals surface area contributed by atoms with E-state index in [0.717, 1.165) is 11.1 Å². The van der Waals surface area contributed by atoms with Crippen LogP contribution in [-0.4, -0.2) is 24.9 Å². The van der Waals surface area contributed by atoms with Gasteiger partial charge in [-0.1, -0.05) is 66.7 Å². The first-order valence-electron chi connectivity index (χ1n) is 8.27. The van der Waals surface area contributed by atoms with Gasteiger partial charge in [0.05, 0.1) is 6.04 Å². The molecule has 0 fully saturated rings. The molecule has 0 spiro atoms. The molecule has 1 heterocycles. The Kier molecular flexibility index (Phi) is 5.64. The van der Waals surface area contributed by atoms with Crippen molar-refractivity contribution in [2.24, 2.45) is 0 Å². The number of hydrogen-bond acceptors (Lipinski definition) is 3. The highest BCUT2D eigenvalue weighted by Crippen LogP contribution is 2.29. The minimum absolute atomic E-state index is 0.0321. The van der Waals surface area contributed by atoms with Crippen LogP contribution in [0.4, 0.5) is 0 Å². The van der Waals surface area contributed by atoms with Gasteiger partial charge in [0.1, 0.15) is 6.04 Å². The number of rotatable bonds is 6. The first-order chi connectivity index (χ1) is 12.2. The lowest BCUT2D eigenvalue weighted by Gasteiger charge is -2.27. The van der Waals surface area contributed by atoms with Crippen LogP contribution >= 0.6 is 11.3 Å². The molecule has 2 aromatic carbocycles. The Labute approximate surface area is 152 Å². The van der Waals surface area contributed by atoms with Gasteiger partial charge < -0.3 is 4.90 Å². The number of likely N-dealkylation sites (N-methyl/N-ethyl adjacent to an activating group) is 1. The Morgan fingerprint density at radius 2 is 1.48 bits per heavy atom. The normalized spacial score (nSPS) is 13.2. The summed E-state index contributed by atoms with van der Waals surface area (Å²) in [5, 5.41) is 5.66. The SMILES string of the molecule is CN(C)C(=O)[C@@H](N[C@H](c1ccccc1)c1cccs1)c1ccccc1. The smallest absolute Gasteiger partial charge is 0.243 e. The van der Waals surface area contributed by atoms with Crippen LogP contribution in [-0.2, 0) is 4.79 Å². The molecule has 0 saturated carbocycles. The fraction of sp³-hybridized carbons (Fsp3) is 0.190. The van der Waals surface area contributed by atoms with E-state index >= 15 is 0 Å². The molecule has 3 aromatic rings. The van der Waals surface area contributed by atoms with E-state index in [0.29, 0.717) is 0 Å². The van der Waals surface area contributed by atoms with Crippen LogP contribution in [0.2, 0.25) is 0 Å². The first-order valence-corrected chi connectivity index (χ1v) is 9.15. The van der Waals surface area contributed by atoms with E-state index in [1.807, 2.05) is 54.6 Å². The minimum atomic E-state index is -0.400. The van der Waals surface area contributed by atoms with Gasteiger partial charge in [0.25, 0.3) is 0 Å². The quantitative estimate of drug-likeness (QED) is 0.720. The molecule has 0 saturated heterocycles. The predicted octanol–water partition coefficient (Wildman–Crippen LogP) is 4.26. The lowest BCUT2D eigenvalue weighted by molar-refractivity contribution is -0.131. The molecule has 2 atom stereocenters. The maximum absolute atomic E-state index is 12.8. The lowest BCUT2D eigenvalue weighted by atomic mass is 10.0. The highest BCUT2D eigenvalue weighted by Gasteiger charge is 2.27. The third-order valence-corrected chi connectivity index (χ3v) is 5.05. The number of hydrogen-bond donors (Lipinski definition) is 1. The Morgan fingerprint density at radius 3 is 2.00 bits per heavy atom. The second-order valence-corrected chi connectivity index (χ2v) is 7.08. The van der Waals surface area contributed by atoms with E-state index in [2.05, 4.69) is 28.9 Å². The number of carbonyl (C=O) groups is 1. The maximum Gasteiger partial charge on any atom is 0.243 e. The molecule has 1 N–H and O–H groups in total. The van der Waals surface area contributed by atoms with Gasteiger partial charge in [0.15, 0.2) is 0 Å². The van der Waals surface area contributed by atoms with Crippen LogP contribution < -0.4 is 5.32 Å². The van der Waals surface area contributed by atoms with Gasteiger partial charge in [-0.15, -0.1) is 11.3 Å². The molecule has 0 aliphatic heterocycles. The first kappa shape index (κ1) is 17.4. The van der Waals surface area contributed by atoms with Crippen LogP contribution in [0.25, 0.3) is 0 Å². The zero-order chi connectivity index (χ0) is 17.6. The van der Waals surface area contributed by atoms with Crippen molar-refractivity contribution in [2.45, 2.75) is 12.1 Å². The summed E-state index contributed by atoms with van der Waals surface area (Å²) in [5.41, 5.74) is 2.12. The molecule has 0 bridgehead atoms. The van der Waals surface area contributed by atoms with Crippen molar-refractivity contribution in [1.82, 2.24) is 10.2 Å². The van der Waals surface area contributed by atoms with Crippen LogP contribution in [0.15, 0.2) is 78.2 Å². The van der Waals surface area contributed by atoms with Crippen molar-refractivity contribution in [1.29, 1.82) is 0 Å². The third kappa shape index (κ3) is 4.16. The largest absolute Gasteiger partial charge is 0.347 e. The number of nitrogens with one attached hydrogen (secondary N) is 1. The summed E-state index contributed by atoms with van der Waals surface area (Å²) in [7, 11) is 3.59. The molecule has 0 aliphatic rings. The summed E-state index contributed by atoms with van der Waals surface area (Å²) in [5.74, 6) is 0.0451. The van der Waals surface area contributed by atoms with Crippen molar-refractivity contribution >= 4 is 17.2 Å². The second kappa shape index (κ2) is 8.10. The molecule has 0 aliphatic carbocycles. The van der Waals surface area contributed by atoms with Gasteiger partial charge in [0, 0.05) is 19.0 Å². The van der Waals surface area contributed by atoms with E-state index < -0.39 is 6.04 Å². The molecule has 0 radical (unpaired) electrons. The van der Waals surface area contributed by atoms with Gasteiger partial charge in [-0.3, -0.25) is 10.1 Å². The summed E-state index contributed by atoms with van der Waals surface area (Å²) in [6, 6.07) is 23.9. The highest BCUT2D eigenvalue weighted by atomic mass is 32.1. The molecule has 3 nitrogen and oxygen atoms in total. The molecule has 3 rings (SSSR count). The summed E-state index contributed by atoms with van der Waals surface area (Å²) >= 11 is 1.70. The number of nitrogens with zero attached hydrogens (tertiary/aromatic N) is 1. The summed E-state index contributed by atoms with van der Waals surface area (Å²) in [6.45, 7) is 0. The van der Waals surface area contributed by atoms with Crippen molar-refractivity contribution in [3.63, 3.8) is 0 Å². The Balaban J connectivity index is 1.98. The highest BCUT2D eigenvalue weighted by molar-refractivity contribution is 7.10. The molecule has 4 heteroatoms. The maximum atomic E-state index is 12.8. The van der Waals surface area contributed by atoms with E-state index in [1.165, 1.54) is 4.88 Å². The topological polar surface area (TPSA) is 32.3 Å². The summed E-state index contributed by atoms with van der Waals surface area (Å²) in [6.07, 6.45) is 0. The number of thiophene rings is 1. The van der Waals surface area contributed by atoms with Crippen LogP contribution in [0.5, 0.6) is 0 Å². The van der Waals surface area contributed by atoms with Crippen molar-refractivity contribution in [3.8, 4) is 0 Å². The van der Waals surface area contributed by atoms with Crippen LogP contribution in [0, 0.1) is 0 Å². The third-order valence-electron chi connectivity index (χ3n) is 4.11. The molecular formula is C21H22N2OS. The van der Waals surface area contributed by atoms with Gasteiger partial charge in [-0.05, 0) is 22.6 Å². The fourth-order valence-electron chi connectivity index (χ4n) is 2.82. The molecule has 0 unspecified atom stereocenters. The van der Waals surface area contributed by atoms with Crippen LogP contribution in [0.1, 0.15) is 28.1 Å². The van der Waals surface area contributed by atoms with Gasteiger partial charge in [0.2, 0.25) is 5.91 Å². The zero-order valence-electron chi connectivity index (χ0n) is 14.4. The molecule has 1 amide bonds. The molecule has 1 aromatic heterocycles. The Hall–Kier alpha value is -2.43. The number of carbonyl (C=O) groups excluding carboxylic acids is 1. The summed E-state index contributed by atoms with van der Waals surface area (Å²) in [4.78, 5) is 15.7. The Bertz CT molecular complexity index is 785. The zero-order valence-corrected chi connectivity index (χ0v) is 15.2. The molecule has 25 heavy (non-hydrogen) atoms. The lowest BCUT2D eigenvalue weighted by Crippen LogP contribution is -2.38. The second-order valence-electron chi connectivity index (χ2n) is 6.10. The standard InChI is InChI=1S/C21H22N2OS/c1-23(2)21(24)20(17-12-7-4-8-13-17)22-19(18-14-9-15-25-18)16-10-5-3-6-11-16/h3-15,19-20,22H,1-2H3/t19-,20+/m1/s1. The van der Waals surface area contributed by atoms with Gasteiger partial charge in [-0.2, -0.15) is 0 Å². The van der Waals surface area contributed by atoms with Crippen LogP contribution in [0.3, 0.4) is 0 Å². The van der Waals surface area contributed by atoms with E-state index in [1.54, 1.807) is 30.3 Å². The number of amides is 1. The summed E-state index contributed by atoms with van der Waals surface area (Å²) < 4.78 is 0. The van der Waals surface area contributed by atoms with E-state index in [4.69, 9.17) is 0 Å². The van der Waals surface area contributed by atoms with Crippen molar-refractivity contribution in [3.05, 3.63) is 94.2 Å². The van der Waals surface area contributed by atoms with Crippen molar-refractivity contribution in [2.75, 3.05) is 14.1 Å². The average molecular weight is 350 g/mol. The predicted molar refractivity (Wildman–Crippen MR) is 104 cm³/mol. The van der Waals surface area contributed by atoms with Gasteiger partial charge >= 0.3 is 0 Å².